The molecule has 0 saturated carbocycles. The summed E-state index contributed by atoms with van der Waals surface area (Å²) >= 11 is 1.49. The molecule has 0 aliphatic carbocycles. The minimum Gasteiger partial charge on any atom is -0.480 e. The maximum absolute atomic E-state index is 12.3. The summed E-state index contributed by atoms with van der Waals surface area (Å²) in [6.45, 7) is 1.78. The Bertz CT molecular complexity index is 436. The number of carbonyl (C=O) groups excluding carboxylic acids is 2. The lowest BCUT2D eigenvalue weighted by molar-refractivity contribution is -0.145. The fraction of sp³-hybridized carbons (Fsp3) is 0.800. The van der Waals surface area contributed by atoms with E-state index in [-0.39, 0.29) is 0 Å². The van der Waals surface area contributed by atoms with Crippen molar-refractivity contribution < 1.29 is 24.6 Å². The summed E-state index contributed by atoms with van der Waals surface area (Å²) in [7, 11) is 0. The van der Waals surface area contributed by atoms with Gasteiger partial charge in [0.1, 0.15) is 6.04 Å². The molecule has 8 N–H and O–H groups in total. The first-order valence-electron chi connectivity index (χ1n) is 8.20. The number of hydrogen-bond acceptors (Lipinski definition) is 7. The highest BCUT2D eigenvalue weighted by atomic mass is 32.2. The third-order valence-electron chi connectivity index (χ3n) is 3.60. The maximum Gasteiger partial charge on any atom is 0.328 e. The molecule has 0 fully saturated rings. The molecule has 0 aromatic rings. The average molecular weight is 378 g/mol. The van der Waals surface area contributed by atoms with Crippen LogP contribution in [0.5, 0.6) is 0 Å². The number of nitrogens with one attached hydrogen (secondary N) is 2. The van der Waals surface area contributed by atoms with E-state index in [1.807, 2.05) is 6.26 Å². The molecule has 0 heterocycles. The first-order valence-corrected chi connectivity index (χ1v) is 9.60. The van der Waals surface area contributed by atoms with Crippen LogP contribution in [-0.2, 0) is 14.4 Å². The normalized spacial score (nSPS) is 15.7. The van der Waals surface area contributed by atoms with Crippen LogP contribution in [0.25, 0.3) is 0 Å². The number of thioether (sulfide) groups is 1. The van der Waals surface area contributed by atoms with Crippen molar-refractivity contribution in [1.82, 2.24) is 10.6 Å². The topological polar surface area (TPSA) is 168 Å². The number of aliphatic carboxylic acids is 1. The number of aliphatic hydroxyl groups is 1. The summed E-state index contributed by atoms with van der Waals surface area (Å²) < 4.78 is 0. The zero-order valence-electron chi connectivity index (χ0n) is 14.7. The highest BCUT2D eigenvalue weighted by Crippen LogP contribution is 2.05. The molecule has 0 aliphatic rings. The molecule has 0 aromatic carbocycles. The molecule has 0 aromatic heterocycles. The van der Waals surface area contributed by atoms with Crippen molar-refractivity contribution in [1.29, 1.82) is 0 Å². The zero-order chi connectivity index (χ0) is 19.4. The molecule has 0 radical (unpaired) electrons. The van der Waals surface area contributed by atoms with Gasteiger partial charge >= 0.3 is 5.97 Å². The van der Waals surface area contributed by atoms with E-state index in [9.17, 15) is 19.5 Å². The molecule has 0 saturated heterocycles. The lowest BCUT2D eigenvalue weighted by Crippen LogP contribution is -2.56. The van der Waals surface area contributed by atoms with Crippen molar-refractivity contribution >= 4 is 29.5 Å². The Morgan fingerprint density at radius 2 is 1.76 bits per heavy atom. The predicted molar refractivity (Wildman–Crippen MR) is 97.1 cm³/mol. The van der Waals surface area contributed by atoms with E-state index in [0.717, 1.165) is 6.42 Å². The van der Waals surface area contributed by atoms with Gasteiger partial charge in [-0.15, -0.1) is 0 Å². The van der Waals surface area contributed by atoms with Gasteiger partial charge in [0.25, 0.3) is 0 Å². The van der Waals surface area contributed by atoms with E-state index in [1.165, 1.54) is 18.7 Å². The highest BCUT2D eigenvalue weighted by molar-refractivity contribution is 7.98. The number of carboxylic acids is 1. The first kappa shape index (κ1) is 23.6. The average Bonchev–Trinajstić information content (AvgIpc) is 2.55. The van der Waals surface area contributed by atoms with Crippen molar-refractivity contribution in [2.24, 2.45) is 11.5 Å². The van der Waals surface area contributed by atoms with Gasteiger partial charge in [-0.25, -0.2) is 4.79 Å². The standard InChI is InChI=1S/C15H30N4O5S/c1-9(20)12(15(23)24)19-14(22)11(6-8-25-2)18-13(21)10(17)5-3-4-7-16/h9-12,20H,3-8,16-17H2,1-2H3,(H,18,21)(H,19,22)(H,23,24)/t9-,10+,11+,12+/m1/s1. The SMILES string of the molecule is CSCC[C@H](NC(=O)[C@@H](N)CCCCN)C(=O)N[C@H](C(=O)O)[C@@H](C)O. The van der Waals surface area contributed by atoms with Crippen LogP contribution in [0.1, 0.15) is 32.6 Å². The summed E-state index contributed by atoms with van der Waals surface area (Å²) in [6.07, 6.45) is 2.82. The Balaban J connectivity index is 4.83. The van der Waals surface area contributed by atoms with Crippen LogP contribution >= 0.6 is 11.8 Å². The lowest BCUT2D eigenvalue weighted by Gasteiger charge is -2.23. The molecule has 146 valence electrons. The fourth-order valence-electron chi connectivity index (χ4n) is 2.07. The summed E-state index contributed by atoms with van der Waals surface area (Å²) in [5.41, 5.74) is 11.2. The van der Waals surface area contributed by atoms with Gasteiger partial charge in [-0.2, -0.15) is 11.8 Å². The number of amides is 2. The van der Waals surface area contributed by atoms with E-state index >= 15 is 0 Å². The summed E-state index contributed by atoms with van der Waals surface area (Å²) in [4.78, 5) is 35.6. The summed E-state index contributed by atoms with van der Waals surface area (Å²) in [5.74, 6) is -1.89. The van der Waals surface area contributed by atoms with E-state index in [0.29, 0.717) is 31.6 Å². The van der Waals surface area contributed by atoms with Crippen molar-refractivity contribution in [3.63, 3.8) is 0 Å². The van der Waals surface area contributed by atoms with Gasteiger partial charge in [-0.05, 0) is 44.7 Å². The first-order chi connectivity index (χ1) is 11.7. The van der Waals surface area contributed by atoms with Crippen LogP contribution < -0.4 is 22.1 Å². The van der Waals surface area contributed by atoms with Crippen molar-refractivity contribution in [3.8, 4) is 0 Å². The van der Waals surface area contributed by atoms with Gasteiger partial charge in [0.05, 0.1) is 12.1 Å². The molecule has 0 unspecified atom stereocenters. The smallest absolute Gasteiger partial charge is 0.328 e. The molecule has 0 bridgehead atoms. The van der Waals surface area contributed by atoms with Crippen LogP contribution in [-0.4, -0.2) is 70.8 Å². The Labute approximate surface area is 152 Å². The van der Waals surface area contributed by atoms with Gasteiger partial charge in [-0.3, -0.25) is 9.59 Å². The third kappa shape index (κ3) is 9.63. The fourth-order valence-corrected chi connectivity index (χ4v) is 2.54. The van der Waals surface area contributed by atoms with Gasteiger partial charge < -0.3 is 32.3 Å². The predicted octanol–water partition coefficient (Wildman–Crippen LogP) is -1.37. The Kier molecular flexibility index (Phi) is 12.2. The number of carboxylic acid groups (broad SMARTS) is 1. The Morgan fingerprint density at radius 1 is 1.12 bits per heavy atom. The Hall–Kier alpha value is -1.36. The summed E-state index contributed by atoms with van der Waals surface area (Å²) in [5, 5.41) is 23.3. The Morgan fingerprint density at radius 3 is 2.24 bits per heavy atom. The third-order valence-corrected chi connectivity index (χ3v) is 4.24. The molecule has 2 amide bonds. The molecular weight excluding hydrogens is 348 g/mol. The monoisotopic (exact) mass is 378 g/mol. The van der Waals surface area contributed by atoms with Crippen LogP contribution in [0.2, 0.25) is 0 Å². The largest absolute Gasteiger partial charge is 0.480 e. The van der Waals surface area contributed by atoms with E-state index < -0.39 is 42.0 Å². The van der Waals surface area contributed by atoms with Gasteiger partial charge in [0.2, 0.25) is 11.8 Å². The number of unbranched alkanes of at least 4 members (excludes halogenated alkanes) is 1. The minimum absolute atomic E-state index is 0.320. The number of nitrogens with two attached hydrogens (primary N) is 2. The van der Waals surface area contributed by atoms with Crippen LogP contribution in [0.4, 0.5) is 0 Å². The zero-order valence-corrected chi connectivity index (χ0v) is 15.6. The molecule has 9 nitrogen and oxygen atoms in total. The molecule has 0 rings (SSSR count). The van der Waals surface area contributed by atoms with Gasteiger partial charge in [0, 0.05) is 0 Å². The number of carbonyl (C=O) groups is 3. The number of rotatable bonds is 13. The molecule has 0 aliphatic heterocycles. The van der Waals surface area contributed by atoms with Gasteiger partial charge in [0.15, 0.2) is 6.04 Å². The summed E-state index contributed by atoms with van der Waals surface area (Å²) in [6, 6.07) is -3.12. The lowest BCUT2D eigenvalue weighted by atomic mass is 10.1. The van der Waals surface area contributed by atoms with Crippen molar-refractivity contribution in [3.05, 3.63) is 0 Å². The van der Waals surface area contributed by atoms with E-state index in [2.05, 4.69) is 10.6 Å². The van der Waals surface area contributed by atoms with E-state index in [4.69, 9.17) is 16.6 Å². The molecule has 10 heteroatoms. The molecule has 0 spiro atoms. The van der Waals surface area contributed by atoms with Crippen LogP contribution in [0, 0.1) is 0 Å². The van der Waals surface area contributed by atoms with Gasteiger partial charge in [-0.1, -0.05) is 6.42 Å². The van der Waals surface area contributed by atoms with Crippen molar-refractivity contribution in [2.45, 2.75) is 56.8 Å². The van der Waals surface area contributed by atoms with Crippen LogP contribution in [0.3, 0.4) is 0 Å². The minimum atomic E-state index is -1.44. The molecular formula is C15H30N4O5S. The molecule has 25 heavy (non-hydrogen) atoms. The second-order valence-electron chi connectivity index (χ2n) is 5.80. The quantitative estimate of drug-likeness (QED) is 0.213. The number of aliphatic hydroxyl groups excluding tert-OH is 1. The van der Waals surface area contributed by atoms with E-state index in [1.54, 1.807) is 0 Å². The number of hydrogen-bond donors (Lipinski definition) is 6. The van der Waals surface area contributed by atoms with Crippen LogP contribution in [0.15, 0.2) is 0 Å². The second kappa shape index (κ2) is 12.9. The molecule has 4 atom stereocenters. The maximum atomic E-state index is 12.3. The second-order valence-corrected chi connectivity index (χ2v) is 6.78. The van der Waals surface area contributed by atoms with Crippen molar-refractivity contribution in [2.75, 3.05) is 18.6 Å². The highest BCUT2D eigenvalue weighted by Gasteiger charge is 2.30.